The van der Waals surface area contributed by atoms with Crippen LogP contribution in [0.5, 0.6) is 11.5 Å². The van der Waals surface area contributed by atoms with Gasteiger partial charge in [0, 0.05) is 10.9 Å². The van der Waals surface area contributed by atoms with Crippen LogP contribution >= 0.6 is 15.9 Å². The standard InChI is InChI=1S/C16H26BBrO2/c1-15(2,3)19-13-7-8-14(20-16(4,5)6)12(10-18)11(13)9-17/h7-8H,9-10,17H2,1-6H3. The normalized spacial score (nSPS) is 12.3. The van der Waals surface area contributed by atoms with Crippen LogP contribution in [-0.4, -0.2) is 19.0 Å². The fourth-order valence-electron chi connectivity index (χ4n) is 2.04. The molecule has 20 heavy (non-hydrogen) atoms. The fourth-order valence-corrected chi connectivity index (χ4v) is 2.65. The Morgan fingerprint density at radius 2 is 1.30 bits per heavy atom. The summed E-state index contributed by atoms with van der Waals surface area (Å²) in [4.78, 5) is 0. The van der Waals surface area contributed by atoms with E-state index in [1.54, 1.807) is 0 Å². The molecule has 2 nitrogen and oxygen atoms in total. The molecule has 0 atom stereocenters. The summed E-state index contributed by atoms with van der Waals surface area (Å²) in [5.74, 6) is 1.89. The van der Waals surface area contributed by atoms with Gasteiger partial charge in [0.25, 0.3) is 0 Å². The minimum Gasteiger partial charge on any atom is -0.488 e. The topological polar surface area (TPSA) is 18.5 Å². The molecule has 1 aromatic carbocycles. The van der Waals surface area contributed by atoms with Crippen LogP contribution in [0.4, 0.5) is 0 Å². The van der Waals surface area contributed by atoms with E-state index in [-0.39, 0.29) is 11.2 Å². The van der Waals surface area contributed by atoms with Crippen LogP contribution in [0, 0.1) is 0 Å². The predicted molar refractivity (Wildman–Crippen MR) is 92.1 cm³/mol. The quantitative estimate of drug-likeness (QED) is 0.607. The molecule has 0 fully saturated rings. The molecule has 0 N–H and O–H groups in total. The highest BCUT2D eigenvalue weighted by atomic mass is 79.9. The maximum atomic E-state index is 6.07. The van der Waals surface area contributed by atoms with Gasteiger partial charge in [0.05, 0.1) is 0 Å². The molecule has 4 heteroatoms. The third-order valence-electron chi connectivity index (χ3n) is 2.66. The summed E-state index contributed by atoms with van der Waals surface area (Å²) in [7, 11) is 2.15. The summed E-state index contributed by atoms with van der Waals surface area (Å²) in [5, 5.41) is 0.767. The van der Waals surface area contributed by atoms with E-state index in [0.29, 0.717) is 0 Å². The van der Waals surface area contributed by atoms with Gasteiger partial charge in [0.1, 0.15) is 30.5 Å². The van der Waals surface area contributed by atoms with E-state index in [4.69, 9.17) is 9.47 Å². The lowest BCUT2D eigenvalue weighted by Crippen LogP contribution is -2.25. The van der Waals surface area contributed by atoms with E-state index in [1.165, 1.54) is 11.1 Å². The van der Waals surface area contributed by atoms with Crippen molar-refractivity contribution in [1.29, 1.82) is 0 Å². The van der Waals surface area contributed by atoms with Gasteiger partial charge in [-0.3, -0.25) is 0 Å². The SMILES string of the molecule is BCc1c(OC(C)(C)C)ccc(OC(C)(C)C)c1CBr. The summed E-state index contributed by atoms with van der Waals surface area (Å²) in [5.41, 5.74) is 2.01. The summed E-state index contributed by atoms with van der Waals surface area (Å²) >= 11 is 3.59. The zero-order chi connectivity index (χ0) is 15.6. The summed E-state index contributed by atoms with van der Waals surface area (Å²) in [6.07, 6.45) is 0.924. The number of benzene rings is 1. The van der Waals surface area contributed by atoms with Crippen molar-refractivity contribution in [2.24, 2.45) is 0 Å². The van der Waals surface area contributed by atoms with E-state index in [2.05, 4.69) is 65.3 Å². The van der Waals surface area contributed by atoms with E-state index in [1.807, 2.05) is 12.1 Å². The lowest BCUT2D eigenvalue weighted by molar-refractivity contribution is 0.123. The van der Waals surface area contributed by atoms with Crippen molar-refractivity contribution < 1.29 is 9.47 Å². The lowest BCUT2D eigenvalue weighted by atomic mass is 9.92. The number of hydrogen-bond donors (Lipinski definition) is 0. The molecule has 0 aliphatic rings. The monoisotopic (exact) mass is 340 g/mol. The zero-order valence-corrected chi connectivity index (χ0v) is 15.3. The van der Waals surface area contributed by atoms with Gasteiger partial charge in [-0.25, -0.2) is 0 Å². The number of alkyl halides is 1. The molecule has 0 aliphatic carbocycles. The third kappa shape index (κ3) is 5.04. The molecule has 0 saturated heterocycles. The predicted octanol–water partition coefficient (Wildman–Crippen LogP) is 4.07. The van der Waals surface area contributed by atoms with E-state index in [0.717, 1.165) is 23.1 Å². The molecule has 0 radical (unpaired) electrons. The van der Waals surface area contributed by atoms with Crippen molar-refractivity contribution in [2.75, 3.05) is 0 Å². The van der Waals surface area contributed by atoms with Crippen LogP contribution in [0.25, 0.3) is 0 Å². The van der Waals surface area contributed by atoms with Crippen LogP contribution in [0.1, 0.15) is 52.7 Å². The van der Waals surface area contributed by atoms with Crippen molar-refractivity contribution >= 4 is 23.8 Å². The molecular formula is C16H26BBrO2. The van der Waals surface area contributed by atoms with Gasteiger partial charge in [-0.05, 0) is 59.2 Å². The smallest absolute Gasteiger partial charge is 0.124 e. The second-order valence-corrected chi connectivity index (χ2v) is 7.50. The number of halogens is 1. The molecule has 0 spiro atoms. The first-order valence-electron chi connectivity index (χ1n) is 7.16. The maximum Gasteiger partial charge on any atom is 0.124 e. The largest absolute Gasteiger partial charge is 0.488 e. The Hall–Kier alpha value is -0.635. The highest BCUT2D eigenvalue weighted by molar-refractivity contribution is 9.08. The van der Waals surface area contributed by atoms with Crippen LogP contribution in [-0.2, 0) is 11.7 Å². The average molecular weight is 341 g/mol. The van der Waals surface area contributed by atoms with Gasteiger partial charge >= 0.3 is 0 Å². The Kier molecular flexibility index (Phi) is 5.59. The van der Waals surface area contributed by atoms with E-state index < -0.39 is 0 Å². The summed E-state index contributed by atoms with van der Waals surface area (Å²) in [6, 6.07) is 4.04. The Bertz CT molecular complexity index is 416. The Morgan fingerprint density at radius 3 is 1.60 bits per heavy atom. The van der Waals surface area contributed by atoms with Gasteiger partial charge in [0.2, 0.25) is 0 Å². The highest BCUT2D eigenvalue weighted by Gasteiger charge is 2.21. The molecule has 0 saturated carbocycles. The first-order chi connectivity index (χ1) is 9.07. The number of rotatable bonds is 4. The fraction of sp³-hybridized carbons (Fsp3) is 0.625. The second kappa shape index (κ2) is 6.42. The van der Waals surface area contributed by atoms with E-state index >= 15 is 0 Å². The van der Waals surface area contributed by atoms with E-state index in [9.17, 15) is 0 Å². The highest BCUT2D eigenvalue weighted by Crippen LogP contribution is 2.35. The molecule has 1 aromatic rings. The Balaban J connectivity index is 3.26. The lowest BCUT2D eigenvalue weighted by Gasteiger charge is -2.27. The third-order valence-corrected chi connectivity index (χ3v) is 3.23. The zero-order valence-electron chi connectivity index (χ0n) is 13.8. The summed E-state index contributed by atoms with van der Waals surface area (Å²) in [6.45, 7) is 12.4. The minimum absolute atomic E-state index is 0.195. The second-order valence-electron chi connectivity index (χ2n) is 6.93. The Labute approximate surface area is 132 Å². The van der Waals surface area contributed by atoms with Crippen LogP contribution in [0.2, 0.25) is 0 Å². The molecule has 0 unspecified atom stereocenters. The molecule has 1 rings (SSSR count). The first kappa shape index (κ1) is 17.4. The van der Waals surface area contributed by atoms with Gasteiger partial charge in [-0.2, -0.15) is 0 Å². The van der Waals surface area contributed by atoms with Gasteiger partial charge in [0.15, 0.2) is 0 Å². The van der Waals surface area contributed by atoms with Crippen molar-refractivity contribution in [3.8, 4) is 11.5 Å². The van der Waals surface area contributed by atoms with Crippen molar-refractivity contribution in [3.63, 3.8) is 0 Å². The number of hydrogen-bond acceptors (Lipinski definition) is 2. The van der Waals surface area contributed by atoms with Crippen molar-refractivity contribution in [2.45, 2.75) is 64.4 Å². The average Bonchev–Trinajstić information content (AvgIpc) is 2.26. The molecule has 0 aliphatic heterocycles. The number of ether oxygens (including phenoxy) is 2. The van der Waals surface area contributed by atoms with Gasteiger partial charge < -0.3 is 9.47 Å². The van der Waals surface area contributed by atoms with Crippen LogP contribution in [0.15, 0.2) is 12.1 Å². The van der Waals surface area contributed by atoms with Gasteiger partial charge in [-0.15, -0.1) is 0 Å². The molecule has 0 amide bonds. The molecule has 112 valence electrons. The van der Waals surface area contributed by atoms with Gasteiger partial charge in [-0.1, -0.05) is 22.3 Å². The van der Waals surface area contributed by atoms with Crippen LogP contribution in [0.3, 0.4) is 0 Å². The van der Waals surface area contributed by atoms with Crippen molar-refractivity contribution in [1.82, 2.24) is 0 Å². The van der Waals surface area contributed by atoms with Crippen LogP contribution < -0.4 is 9.47 Å². The Morgan fingerprint density at radius 1 is 0.900 bits per heavy atom. The first-order valence-corrected chi connectivity index (χ1v) is 8.28. The molecule has 0 bridgehead atoms. The van der Waals surface area contributed by atoms with Crippen molar-refractivity contribution in [3.05, 3.63) is 23.3 Å². The maximum absolute atomic E-state index is 6.07. The molecule has 0 heterocycles. The molecule has 0 aromatic heterocycles. The molecular weight excluding hydrogens is 315 g/mol. The summed E-state index contributed by atoms with van der Waals surface area (Å²) < 4.78 is 12.1. The minimum atomic E-state index is -0.200.